The Morgan fingerprint density at radius 1 is 1.47 bits per heavy atom. The molecule has 0 radical (unpaired) electrons. The van der Waals surface area contributed by atoms with Crippen molar-refractivity contribution in [3.63, 3.8) is 0 Å². The largest absolute Gasteiger partial charge is 0.443 e. The number of cyclic esters (lactones) is 1. The Hall–Kier alpha value is -2.02. The van der Waals surface area contributed by atoms with E-state index in [4.69, 9.17) is 10.00 Å². The maximum absolute atomic E-state index is 11.5. The number of hydrogen-bond donors (Lipinski definition) is 0. The fraction of sp³-hybridized carbons (Fsp3) is 0.385. The van der Waals surface area contributed by atoms with E-state index in [0.29, 0.717) is 13.1 Å². The molecule has 1 aromatic carbocycles. The van der Waals surface area contributed by atoms with E-state index >= 15 is 0 Å². The second-order valence-electron chi connectivity index (χ2n) is 4.23. The maximum Gasteiger partial charge on any atom is 0.410 e. The van der Waals surface area contributed by atoms with Crippen molar-refractivity contribution in [2.75, 3.05) is 6.54 Å². The minimum absolute atomic E-state index is 0.260. The van der Waals surface area contributed by atoms with Gasteiger partial charge < -0.3 is 9.64 Å². The van der Waals surface area contributed by atoms with Crippen molar-refractivity contribution in [3.05, 3.63) is 35.4 Å². The number of ether oxygens (including phenoxy) is 1. The van der Waals surface area contributed by atoms with Crippen molar-refractivity contribution in [3.8, 4) is 6.07 Å². The lowest BCUT2D eigenvalue weighted by Gasteiger charge is -2.12. The highest BCUT2D eigenvalue weighted by atomic mass is 16.6. The lowest BCUT2D eigenvalue weighted by Crippen LogP contribution is -2.24. The van der Waals surface area contributed by atoms with Crippen molar-refractivity contribution < 1.29 is 9.53 Å². The Labute approximate surface area is 100 Å². The van der Waals surface area contributed by atoms with Crippen LogP contribution in [0.5, 0.6) is 0 Å². The quantitative estimate of drug-likeness (QED) is 0.800. The van der Waals surface area contributed by atoms with E-state index in [1.54, 1.807) is 4.90 Å². The van der Waals surface area contributed by atoms with Gasteiger partial charge in [-0.05, 0) is 12.5 Å². The van der Waals surface area contributed by atoms with Crippen LogP contribution in [0.4, 0.5) is 4.79 Å². The van der Waals surface area contributed by atoms with Gasteiger partial charge in [-0.3, -0.25) is 0 Å². The molecule has 88 valence electrons. The molecule has 1 aromatic rings. The summed E-state index contributed by atoms with van der Waals surface area (Å²) in [4.78, 5) is 13.2. The summed E-state index contributed by atoms with van der Waals surface area (Å²) in [5.74, 6) is 0. The van der Waals surface area contributed by atoms with Crippen molar-refractivity contribution >= 4 is 6.09 Å². The SMILES string of the molecule is Cc1ccc(CN2CC(CC#N)OC2=O)cc1. The highest BCUT2D eigenvalue weighted by Gasteiger charge is 2.30. The van der Waals surface area contributed by atoms with Gasteiger partial charge in [0.25, 0.3) is 0 Å². The number of nitriles is 1. The summed E-state index contributed by atoms with van der Waals surface area (Å²) in [5.41, 5.74) is 2.27. The summed E-state index contributed by atoms with van der Waals surface area (Å²) in [6.07, 6.45) is -0.348. The summed E-state index contributed by atoms with van der Waals surface area (Å²) in [7, 11) is 0. The van der Waals surface area contributed by atoms with Crippen molar-refractivity contribution in [1.82, 2.24) is 4.90 Å². The molecule has 0 aromatic heterocycles. The zero-order valence-corrected chi connectivity index (χ0v) is 9.72. The number of carbonyl (C=O) groups is 1. The second-order valence-corrected chi connectivity index (χ2v) is 4.23. The Bertz CT molecular complexity index is 447. The predicted octanol–water partition coefficient (Wildman–Crippen LogP) is 2.23. The number of hydrogen-bond acceptors (Lipinski definition) is 3. The molecule has 4 nitrogen and oxygen atoms in total. The van der Waals surface area contributed by atoms with Crippen LogP contribution in [-0.2, 0) is 11.3 Å². The van der Waals surface area contributed by atoms with Gasteiger partial charge in [0.2, 0.25) is 0 Å². The summed E-state index contributed by atoms with van der Waals surface area (Å²) in [5, 5.41) is 8.56. The Morgan fingerprint density at radius 3 is 2.82 bits per heavy atom. The number of amides is 1. The summed E-state index contributed by atoms with van der Waals surface area (Å²) < 4.78 is 5.07. The molecule has 4 heteroatoms. The molecular weight excluding hydrogens is 216 g/mol. The average Bonchev–Trinajstić information content (AvgIpc) is 2.63. The smallest absolute Gasteiger partial charge is 0.410 e. The van der Waals surface area contributed by atoms with Crippen molar-refractivity contribution in [2.45, 2.75) is 26.0 Å². The zero-order valence-electron chi connectivity index (χ0n) is 9.72. The monoisotopic (exact) mass is 230 g/mol. The van der Waals surface area contributed by atoms with Crippen molar-refractivity contribution in [2.24, 2.45) is 0 Å². The lowest BCUT2D eigenvalue weighted by molar-refractivity contribution is 0.133. The molecule has 1 saturated heterocycles. The first-order valence-corrected chi connectivity index (χ1v) is 5.57. The molecule has 0 bridgehead atoms. The highest BCUT2D eigenvalue weighted by molar-refractivity contribution is 5.70. The lowest BCUT2D eigenvalue weighted by atomic mass is 10.1. The predicted molar refractivity (Wildman–Crippen MR) is 62.1 cm³/mol. The first-order valence-electron chi connectivity index (χ1n) is 5.57. The molecule has 1 aliphatic heterocycles. The molecule has 1 heterocycles. The highest BCUT2D eigenvalue weighted by Crippen LogP contribution is 2.17. The van der Waals surface area contributed by atoms with Gasteiger partial charge in [-0.2, -0.15) is 5.26 Å². The summed E-state index contributed by atoms with van der Waals surface area (Å²) in [6.45, 7) is 3.07. The van der Waals surface area contributed by atoms with E-state index in [9.17, 15) is 4.79 Å². The normalized spacial score (nSPS) is 18.9. The molecule has 1 amide bonds. The van der Waals surface area contributed by atoms with Crippen LogP contribution in [0, 0.1) is 18.3 Å². The van der Waals surface area contributed by atoms with Crippen LogP contribution in [0.2, 0.25) is 0 Å². The second kappa shape index (κ2) is 4.88. The van der Waals surface area contributed by atoms with Crippen LogP contribution in [0.25, 0.3) is 0 Å². The molecule has 2 rings (SSSR count). The number of nitrogens with zero attached hydrogens (tertiary/aromatic N) is 2. The molecule has 0 saturated carbocycles. The number of aryl methyl sites for hydroxylation is 1. The van der Waals surface area contributed by atoms with Gasteiger partial charge in [-0.25, -0.2) is 4.79 Å². The minimum Gasteiger partial charge on any atom is -0.443 e. The van der Waals surface area contributed by atoms with Gasteiger partial charge in [0.05, 0.1) is 19.0 Å². The van der Waals surface area contributed by atoms with Gasteiger partial charge in [-0.15, -0.1) is 0 Å². The Morgan fingerprint density at radius 2 is 2.18 bits per heavy atom. The molecule has 17 heavy (non-hydrogen) atoms. The molecule has 0 aliphatic carbocycles. The van der Waals surface area contributed by atoms with Crippen LogP contribution >= 0.6 is 0 Å². The molecule has 1 aliphatic rings. The van der Waals surface area contributed by atoms with Gasteiger partial charge in [0.1, 0.15) is 6.10 Å². The summed E-state index contributed by atoms with van der Waals surface area (Å²) >= 11 is 0. The molecule has 1 atom stereocenters. The minimum atomic E-state index is -0.328. The van der Waals surface area contributed by atoms with E-state index in [0.717, 1.165) is 5.56 Å². The van der Waals surface area contributed by atoms with Crippen LogP contribution in [0.15, 0.2) is 24.3 Å². The topological polar surface area (TPSA) is 53.3 Å². The van der Waals surface area contributed by atoms with Gasteiger partial charge in [-0.1, -0.05) is 29.8 Å². The summed E-state index contributed by atoms with van der Waals surface area (Å²) in [6, 6.07) is 10.1. The number of benzene rings is 1. The third kappa shape index (κ3) is 2.76. The Balaban J connectivity index is 1.98. The fourth-order valence-corrected chi connectivity index (χ4v) is 1.83. The fourth-order valence-electron chi connectivity index (χ4n) is 1.83. The van der Waals surface area contributed by atoms with Crippen LogP contribution in [0.3, 0.4) is 0 Å². The standard InChI is InChI=1S/C13H14N2O2/c1-10-2-4-11(5-3-10)8-15-9-12(6-7-14)17-13(15)16/h2-5,12H,6,8-9H2,1H3. The van der Waals surface area contributed by atoms with Crippen molar-refractivity contribution in [1.29, 1.82) is 5.26 Å². The van der Waals surface area contributed by atoms with E-state index in [2.05, 4.69) is 0 Å². The van der Waals surface area contributed by atoms with Gasteiger partial charge in [0.15, 0.2) is 0 Å². The van der Waals surface area contributed by atoms with Gasteiger partial charge >= 0.3 is 6.09 Å². The van der Waals surface area contributed by atoms with E-state index < -0.39 is 0 Å². The van der Waals surface area contributed by atoms with Crippen LogP contribution < -0.4 is 0 Å². The van der Waals surface area contributed by atoms with Crippen LogP contribution in [-0.4, -0.2) is 23.6 Å². The first-order chi connectivity index (χ1) is 8.19. The first kappa shape index (κ1) is 11.5. The number of carbonyl (C=O) groups excluding carboxylic acids is 1. The Kier molecular flexibility index (Phi) is 3.29. The molecule has 0 N–H and O–H groups in total. The van der Waals surface area contributed by atoms with E-state index in [1.807, 2.05) is 37.3 Å². The maximum atomic E-state index is 11.5. The third-order valence-electron chi connectivity index (χ3n) is 2.76. The average molecular weight is 230 g/mol. The molecule has 0 spiro atoms. The third-order valence-corrected chi connectivity index (χ3v) is 2.76. The van der Waals surface area contributed by atoms with E-state index in [-0.39, 0.29) is 18.6 Å². The molecule has 1 fully saturated rings. The molecular formula is C13H14N2O2. The molecule has 1 unspecified atom stereocenters. The zero-order chi connectivity index (χ0) is 12.3. The van der Waals surface area contributed by atoms with Gasteiger partial charge in [0, 0.05) is 6.54 Å². The number of rotatable bonds is 3. The van der Waals surface area contributed by atoms with Crippen LogP contribution in [0.1, 0.15) is 17.5 Å². The van der Waals surface area contributed by atoms with E-state index in [1.165, 1.54) is 5.56 Å².